The highest BCUT2D eigenvalue weighted by Crippen LogP contribution is 2.48. The van der Waals surface area contributed by atoms with Crippen LogP contribution in [-0.4, -0.2) is 6.54 Å². The quantitative estimate of drug-likeness (QED) is 0.599. The maximum absolute atomic E-state index is 3.80. The van der Waals surface area contributed by atoms with E-state index in [4.69, 9.17) is 0 Å². The fourth-order valence-corrected chi connectivity index (χ4v) is 4.79. The van der Waals surface area contributed by atoms with Gasteiger partial charge in [0.25, 0.3) is 0 Å². The van der Waals surface area contributed by atoms with Gasteiger partial charge in [-0.3, -0.25) is 0 Å². The molecule has 1 N–H and O–H groups in total. The topological polar surface area (TPSA) is 12.0 Å². The first-order chi connectivity index (χ1) is 9.86. The van der Waals surface area contributed by atoms with Crippen molar-refractivity contribution >= 4 is 31.9 Å². The third kappa shape index (κ3) is 3.92. The summed E-state index contributed by atoms with van der Waals surface area (Å²) >= 11 is 7.50. The Labute approximate surface area is 146 Å². The van der Waals surface area contributed by atoms with E-state index in [1.54, 1.807) is 0 Å². The number of aryl methyl sites for hydroxylation is 1. The standard InChI is InChI=1S/C18H27Br2N/c1-5-21-17(14-8-6-7-9-18(14,3)4)13-11-15(19)12(2)10-16(13)20/h10-11,14,17,21H,5-9H2,1-4H3. The molecule has 0 bridgehead atoms. The number of hydrogen-bond donors (Lipinski definition) is 1. The molecule has 2 unspecified atom stereocenters. The molecule has 1 nitrogen and oxygen atoms in total. The van der Waals surface area contributed by atoms with Crippen LogP contribution < -0.4 is 5.32 Å². The van der Waals surface area contributed by atoms with E-state index in [1.165, 1.54) is 45.8 Å². The van der Waals surface area contributed by atoms with Crippen LogP contribution in [0.5, 0.6) is 0 Å². The van der Waals surface area contributed by atoms with Crippen molar-refractivity contribution < 1.29 is 0 Å². The van der Waals surface area contributed by atoms with Gasteiger partial charge in [0.05, 0.1) is 0 Å². The minimum absolute atomic E-state index is 0.405. The Balaban J connectivity index is 2.41. The Hall–Kier alpha value is 0.140. The zero-order valence-electron chi connectivity index (χ0n) is 13.6. The summed E-state index contributed by atoms with van der Waals surface area (Å²) in [6, 6.07) is 4.97. The van der Waals surface area contributed by atoms with E-state index in [-0.39, 0.29) is 0 Å². The molecule has 0 aromatic heterocycles. The molecule has 118 valence electrons. The van der Waals surface area contributed by atoms with E-state index >= 15 is 0 Å². The van der Waals surface area contributed by atoms with Gasteiger partial charge < -0.3 is 5.32 Å². The molecule has 0 heterocycles. The van der Waals surface area contributed by atoms with Crippen molar-refractivity contribution in [1.29, 1.82) is 0 Å². The number of halogens is 2. The molecule has 3 heteroatoms. The zero-order valence-corrected chi connectivity index (χ0v) is 16.8. The fraction of sp³-hybridized carbons (Fsp3) is 0.667. The maximum atomic E-state index is 3.80. The molecular weight excluding hydrogens is 390 g/mol. The van der Waals surface area contributed by atoms with E-state index in [0.717, 1.165) is 6.54 Å². The Morgan fingerprint density at radius 1 is 1.24 bits per heavy atom. The van der Waals surface area contributed by atoms with Crippen LogP contribution in [0.1, 0.15) is 63.6 Å². The summed E-state index contributed by atoms with van der Waals surface area (Å²) in [5.41, 5.74) is 3.08. The largest absolute Gasteiger partial charge is 0.310 e. The summed E-state index contributed by atoms with van der Waals surface area (Å²) in [6.07, 6.45) is 5.40. The third-order valence-corrected chi connectivity index (χ3v) is 6.57. The number of rotatable bonds is 4. The lowest BCUT2D eigenvalue weighted by atomic mass is 9.64. The van der Waals surface area contributed by atoms with Gasteiger partial charge in [-0.05, 0) is 60.9 Å². The normalized spacial score (nSPS) is 23.0. The maximum Gasteiger partial charge on any atom is 0.0365 e. The van der Waals surface area contributed by atoms with E-state index in [0.29, 0.717) is 17.4 Å². The molecule has 1 aliphatic rings. The molecule has 0 amide bonds. The van der Waals surface area contributed by atoms with Crippen LogP contribution in [-0.2, 0) is 0 Å². The minimum Gasteiger partial charge on any atom is -0.310 e. The molecular formula is C18H27Br2N. The molecule has 1 aliphatic carbocycles. The van der Waals surface area contributed by atoms with Gasteiger partial charge in [-0.1, -0.05) is 65.5 Å². The van der Waals surface area contributed by atoms with Gasteiger partial charge in [0.15, 0.2) is 0 Å². The van der Waals surface area contributed by atoms with Crippen LogP contribution in [0, 0.1) is 18.3 Å². The van der Waals surface area contributed by atoms with Gasteiger partial charge in [-0.2, -0.15) is 0 Å². The van der Waals surface area contributed by atoms with Gasteiger partial charge in [0.1, 0.15) is 0 Å². The summed E-state index contributed by atoms with van der Waals surface area (Å²) < 4.78 is 2.44. The van der Waals surface area contributed by atoms with Crippen LogP contribution in [0.3, 0.4) is 0 Å². The third-order valence-electron chi connectivity index (χ3n) is 5.03. The van der Waals surface area contributed by atoms with Crippen molar-refractivity contribution in [3.05, 3.63) is 32.2 Å². The van der Waals surface area contributed by atoms with Crippen LogP contribution in [0.4, 0.5) is 0 Å². The molecule has 1 saturated carbocycles. The summed E-state index contributed by atoms with van der Waals surface area (Å²) in [6.45, 7) is 10.2. The number of hydrogen-bond acceptors (Lipinski definition) is 1. The summed E-state index contributed by atoms with van der Waals surface area (Å²) in [4.78, 5) is 0. The summed E-state index contributed by atoms with van der Waals surface area (Å²) in [5, 5.41) is 3.76. The van der Waals surface area contributed by atoms with Crippen molar-refractivity contribution in [3.8, 4) is 0 Å². The first kappa shape index (κ1) is 17.5. The van der Waals surface area contributed by atoms with Crippen molar-refractivity contribution in [3.63, 3.8) is 0 Å². The molecule has 1 aromatic carbocycles. The molecule has 2 rings (SSSR count). The van der Waals surface area contributed by atoms with E-state index < -0.39 is 0 Å². The smallest absolute Gasteiger partial charge is 0.0365 e. The first-order valence-electron chi connectivity index (χ1n) is 8.05. The number of nitrogens with one attached hydrogen (secondary N) is 1. The molecule has 21 heavy (non-hydrogen) atoms. The molecule has 0 spiro atoms. The molecule has 2 atom stereocenters. The second-order valence-electron chi connectivity index (χ2n) is 7.00. The highest BCUT2D eigenvalue weighted by Gasteiger charge is 2.38. The lowest BCUT2D eigenvalue weighted by molar-refractivity contribution is 0.0985. The van der Waals surface area contributed by atoms with E-state index in [9.17, 15) is 0 Å². The van der Waals surface area contributed by atoms with Gasteiger partial charge in [0, 0.05) is 15.0 Å². The lowest BCUT2D eigenvalue weighted by Gasteiger charge is -2.44. The second kappa shape index (κ2) is 7.14. The lowest BCUT2D eigenvalue weighted by Crippen LogP contribution is -2.39. The second-order valence-corrected chi connectivity index (χ2v) is 8.71. The molecule has 0 saturated heterocycles. The molecule has 1 fully saturated rings. The average Bonchev–Trinajstić information content (AvgIpc) is 2.41. The van der Waals surface area contributed by atoms with Crippen molar-refractivity contribution in [2.45, 2.75) is 59.4 Å². The Morgan fingerprint density at radius 2 is 1.95 bits per heavy atom. The van der Waals surface area contributed by atoms with Crippen LogP contribution in [0.25, 0.3) is 0 Å². The summed E-state index contributed by atoms with van der Waals surface area (Å²) in [7, 11) is 0. The predicted molar refractivity (Wildman–Crippen MR) is 98.7 cm³/mol. The van der Waals surface area contributed by atoms with Gasteiger partial charge in [0.2, 0.25) is 0 Å². The fourth-order valence-electron chi connectivity index (χ4n) is 3.73. The van der Waals surface area contributed by atoms with E-state index in [2.05, 4.69) is 77.0 Å². The highest BCUT2D eigenvalue weighted by molar-refractivity contribution is 9.11. The average molecular weight is 417 g/mol. The van der Waals surface area contributed by atoms with Crippen LogP contribution in [0.2, 0.25) is 0 Å². The van der Waals surface area contributed by atoms with Crippen LogP contribution >= 0.6 is 31.9 Å². The van der Waals surface area contributed by atoms with Gasteiger partial charge in [-0.25, -0.2) is 0 Å². The SMILES string of the molecule is CCNC(c1cc(Br)c(C)cc1Br)C1CCCCC1(C)C. The molecule has 0 radical (unpaired) electrons. The Morgan fingerprint density at radius 3 is 2.57 bits per heavy atom. The Bertz CT molecular complexity index is 496. The first-order valence-corrected chi connectivity index (χ1v) is 9.64. The zero-order chi connectivity index (χ0) is 15.6. The minimum atomic E-state index is 0.405. The van der Waals surface area contributed by atoms with Crippen molar-refractivity contribution in [1.82, 2.24) is 5.32 Å². The summed E-state index contributed by atoms with van der Waals surface area (Å²) in [5.74, 6) is 0.692. The van der Waals surface area contributed by atoms with E-state index in [1.807, 2.05) is 0 Å². The Kier molecular flexibility index (Phi) is 5.95. The predicted octanol–water partition coefficient (Wildman–Crippen LogP) is 6.39. The van der Waals surface area contributed by atoms with Crippen LogP contribution in [0.15, 0.2) is 21.1 Å². The monoisotopic (exact) mass is 415 g/mol. The molecule has 0 aliphatic heterocycles. The highest BCUT2D eigenvalue weighted by atomic mass is 79.9. The van der Waals surface area contributed by atoms with Gasteiger partial charge >= 0.3 is 0 Å². The van der Waals surface area contributed by atoms with Gasteiger partial charge in [-0.15, -0.1) is 0 Å². The van der Waals surface area contributed by atoms with Crippen molar-refractivity contribution in [2.75, 3.05) is 6.54 Å². The molecule has 1 aromatic rings. The number of benzene rings is 1. The van der Waals surface area contributed by atoms with Crippen molar-refractivity contribution in [2.24, 2.45) is 11.3 Å².